The van der Waals surface area contributed by atoms with Crippen molar-refractivity contribution in [2.24, 2.45) is 0 Å². The molecule has 0 aromatic heterocycles. The molecular weight excluding hydrogens is 320 g/mol. The molecule has 1 unspecified atom stereocenters. The highest BCUT2D eigenvalue weighted by Crippen LogP contribution is 2.26. The monoisotopic (exact) mass is 352 g/mol. The second kappa shape index (κ2) is 9.26. The van der Waals surface area contributed by atoms with Crippen molar-refractivity contribution in [3.05, 3.63) is 34.9 Å². The summed E-state index contributed by atoms with van der Waals surface area (Å²) in [6, 6.07) is 7.72. The Labute approximate surface area is 158 Å². The van der Waals surface area contributed by atoms with E-state index in [2.05, 4.69) is 67.1 Å². The third-order valence-corrected chi connectivity index (χ3v) is 5.46. The van der Waals surface area contributed by atoms with E-state index in [1.165, 1.54) is 49.2 Å². The Morgan fingerprint density at radius 3 is 2.81 bits per heavy atom. The molecule has 2 heterocycles. The highest BCUT2D eigenvalue weighted by Gasteiger charge is 2.27. The number of rotatable bonds is 4. The molecule has 0 aliphatic carbocycles. The van der Waals surface area contributed by atoms with E-state index in [1.54, 1.807) is 0 Å². The maximum absolute atomic E-state index is 5.55. The van der Waals surface area contributed by atoms with Gasteiger partial charge in [-0.25, -0.2) is 0 Å². The van der Waals surface area contributed by atoms with E-state index in [-0.39, 0.29) is 0 Å². The van der Waals surface area contributed by atoms with Gasteiger partial charge in [0, 0.05) is 49.5 Å². The maximum Gasteiger partial charge on any atom is 0.0622 e. The van der Waals surface area contributed by atoms with Gasteiger partial charge in [-0.1, -0.05) is 30.9 Å². The second-order valence-electron chi connectivity index (χ2n) is 7.49. The Hall–Kier alpha value is -1.76. The van der Waals surface area contributed by atoms with E-state index >= 15 is 0 Å². The zero-order valence-electron chi connectivity index (χ0n) is 16.5. The van der Waals surface area contributed by atoms with Crippen LogP contribution in [0.15, 0.2) is 23.8 Å². The summed E-state index contributed by atoms with van der Waals surface area (Å²) < 4.78 is 5.55. The average molecular weight is 353 g/mol. The molecule has 2 aliphatic heterocycles. The number of benzene rings is 1. The van der Waals surface area contributed by atoms with Gasteiger partial charge in [0.1, 0.15) is 0 Å². The van der Waals surface area contributed by atoms with Gasteiger partial charge in [0.15, 0.2) is 0 Å². The zero-order valence-corrected chi connectivity index (χ0v) is 16.5. The highest BCUT2D eigenvalue weighted by atomic mass is 16.5. The number of ether oxygens (including phenoxy) is 1. The first-order valence-corrected chi connectivity index (χ1v) is 10.0. The van der Waals surface area contributed by atoms with Crippen LogP contribution in [0.5, 0.6) is 0 Å². The number of nitrogens with one attached hydrogen (secondary N) is 1. The molecule has 0 amide bonds. The first-order chi connectivity index (χ1) is 12.7. The van der Waals surface area contributed by atoms with E-state index in [0.29, 0.717) is 12.1 Å². The summed E-state index contributed by atoms with van der Waals surface area (Å²) >= 11 is 0. The van der Waals surface area contributed by atoms with Gasteiger partial charge < -0.3 is 10.1 Å². The van der Waals surface area contributed by atoms with Crippen molar-refractivity contribution >= 4 is 11.8 Å². The number of nitrogens with zero attached hydrogens (tertiary/aromatic N) is 1. The van der Waals surface area contributed by atoms with Crippen LogP contribution in [-0.2, 0) is 4.74 Å². The predicted octanol–water partition coefficient (Wildman–Crippen LogP) is 4.48. The summed E-state index contributed by atoms with van der Waals surface area (Å²) in [5, 5.41) is 3.81. The fraction of sp³-hybridized carbons (Fsp3) is 0.565. The van der Waals surface area contributed by atoms with E-state index in [0.717, 1.165) is 25.2 Å². The molecule has 1 atom stereocenters. The topological polar surface area (TPSA) is 24.5 Å². The number of piperidine rings is 1. The lowest BCUT2D eigenvalue weighted by molar-refractivity contribution is 0.124. The summed E-state index contributed by atoms with van der Waals surface area (Å²) in [5.74, 6) is 6.41. The first-order valence-electron chi connectivity index (χ1n) is 10.0. The van der Waals surface area contributed by atoms with Gasteiger partial charge in [0.25, 0.3) is 0 Å². The SMILES string of the molecule is CCC#C/C(C)=C/c1c(C)cccc1NC1CCN(C2CCOC2)CC1. The number of anilines is 1. The molecule has 0 saturated carbocycles. The van der Waals surface area contributed by atoms with Crippen molar-refractivity contribution in [3.63, 3.8) is 0 Å². The van der Waals surface area contributed by atoms with E-state index < -0.39 is 0 Å². The van der Waals surface area contributed by atoms with Crippen LogP contribution in [0.1, 0.15) is 50.7 Å². The largest absolute Gasteiger partial charge is 0.382 e. The molecule has 0 radical (unpaired) electrons. The fourth-order valence-corrected chi connectivity index (χ4v) is 3.92. The van der Waals surface area contributed by atoms with Crippen molar-refractivity contribution in [2.75, 3.05) is 31.6 Å². The van der Waals surface area contributed by atoms with Crippen LogP contribution in [0.2, 0.25) is 0 Å². The number of hydrogen-bond donors (Lipinski definition) is 1. The quantitative estimate of drug-likeness (QED) is 0.809. The lowest BCUT2D eigenvalue weighted by Crippen LogP contribution is -2.44. The molecule has 3 nitrogen and oxygen atoms in total. The molecule has 2 saturated heterocycles. The van der Waals surface area contributed by atoms with Crippen LogP contribution in [0.25, 0.3) is 6.08 Å². The third-order valence-electron chi connectivity index (χ3n) is 5.46. The normalized spacial score (nSPS) is 22.1. The molecule has 1 aromatic rings. The highest BCUT2D eigenvalue weighted by molar-refractivity contribution is 5.72. The van der Waals surface area contributed by atoms with Gasteiger partial charge in [-0.05, 0) is 56.4 Å². The molecule has 140 valence electrons. The number of allylic oxidation sites excluding steroid dienone is 1. The van der Waals surface area contributed by atoms with Crippen LogP contribution < -0.4 is 5.32 Å². The van der Waals surface area contributed by atoms with Gasteiger partial charge in [-0.2, -0.15) is 0 Å². The van der Waals surface area contributed by atoms with Gasteiger partial charge in [0.2, 0.25) is 0 Å². The fourth-order valence-electron chi connectivity index (χ4n) is 3.92. The molecule has 1 aromatic carbocycles. The molecule has 26 heavy (non-hydrogen) atoms. The number of hydrogen-bond acceptors (Lipinski definition) is 3. The number of aryl methyl sites for hydroxylation is 1. The van der Waals surface area contributed by atoms with Crippen molar-refractivity contribution in [3.8, 4) is 11.8 Å². The van der Waals surface area contributed by atoms with Crippen LogP contribution in [0.3, 0.4) is 0 Å². The third kappa shape index (κ3) is 4.90. The molecule has 2 aliphatic rings. The molecule has 0 bridgehead atoms. The predicted molar refractivity (Wildman–Crippen MR) is 110 cm³/mol. The molecule has 3 heteroatoms. The van der Waals surface area contributed by atoms with Crippen LogP contribution in [0.4, 0.5) is 5.69 Å². The minimum atomic E-state index is 0.546. The van der Waals surface area contributed by atoms with Gasteiger partial charge in [0.05, 0.1) is 6.61 Å². The Bertz CT molecular complexity index is 684. The van der Waals surface area contributed by atoms with Crippen LogP contribution >= 0.6 is 0 Å². The van der Waals surface area contributed by atoms with Crippen LogP contribution in [0, 0.1) is 18.8 Å². The van der Waals surface area contributed by atoms with Crippen molar-refractivity contribution in [2.45, 2.75) is 58.5 Å². The molecule has 0 spiro atoms. The first kappa shape index (κ1) is 19.0. The Morgan fingerprint density at radius 1 is 1.31 bits per heavy atom. The summed E-state index contributed by atoms with van der Waals surface area (Å²) in [4.78, 5) is 2.62. The zero-order chi connectivity index (χ0) is 18.4. The average Bonchev–Trinajstić information content (AvgIpc) is 3.18. The summed E-state index contributed by atoms with van der Waals surface area (Å²) in [5.41, 5.74) is 4.95. The summed E-state index contributed by atoms with van der Waals surface area (Å²) in [7, 11) is 0. The lowest BCUT2D eigenvalue weighted by Gasteiger charge is -2.36. The lowest BCUT2D eigenvalue weighted by atomic mass is 9.99. The number of likely N-dealkylation sites (tertiary alicyclic amines) is 1. The van der Waals surface area contributed by atoms with E-state index in [9.17, 15) is 0 Å². The van der Waals surface area contributed by atoms with E-state index in [4.69, 9.17) is 4.74 Å². The molecule has 2 fully saturated rings. The standard InChI is InChI=1S/C23H32N2O/c1-4-5-7-18(2)16-22-19(3)8-6-9-23(22)24-20-10-13-25(14-11-20)21-12-15-26-17-21/h6,8-9,16,20-21,24H,4,10-15,17H2,1-3H3/b18-16+. The van der Waals surface area contributed by atoms with Gasteiger partial charge in [-0.15, -0.1) is 0 Å². The van der Waals surface area contributed by atoms with Gasteiger partial charge >= 0.3 is 0 Å². The second-order valence-corrected chi connectivity index (χ2v) is 7.49. The minimum Gasteiger partial charge on any atom is -0.382 e. The Balaban J connectivity index is 1.66. The Morgan fingerprint density at radius 2 is 2.12 bits per heavy atom. The molecule has 1 N–H and O–H groups in total. The molecular formula is C23H32N2O. The summed E-state index contributed by atoms with van der Waals surface area (Å²) in [6.45, 7) is 10.6. The van der Waals surface area contributed by atoms with Crippen molar-refractivity contribution < 1.29 is 4.74 Å². The van der Waals surface area contributed by atoms with Crippen molar-refractivity contribution in [1.82, 2.24) is 4.90 Å². The Kier molecular flexibility index (Phi) is 6.77. The van der Waals surface area contributed by atoms with Gasteiger partial charge in [-0.3, -0.25) is 4.90 Å². The maximum atomic E-state index is 5.55. The van der Waals surface area contributed by atoms with Crippen LogP contribution in [-0.4, -0.2) is 43.3 Å². The smallest absolute Gasteiger partial charge is 0.0622 e. The summed E-state index contributed by atoms with van der Waals surface area (Å²) in [6.07, 6.45) is 6.72. The molecule has 3 rings (SSSR count). The van der Waals surface area contributed by atoms with Crippen molar-refractivity contribution in [1.29, 1.82) is 0 Å². The van der Waals surface area contributed by atoms with E-state index in [1.807, 2.05) is 0 Å². The minimum absolute atomic E-state index is 0.546.